The fourth-order valence-electron chi connectivity index (χ4n) is 8.09. The topological polar surface area (TPSA) is 335 Å². The lowest BCUT2D eigenvalue weighted by molar-refractivity contribution is -0.332. The number of carbonyl (C=O) groups excluding carboxylic acids is 8. The molecule has 438 valence electrons. The van der Waals surface area contributed by atoms with Gasteiger partial charge in [-0.05, 0) is 37.1 Å². The maximum atomic E-state index is 15.0. The van der Waals surface area contributed by atoms with E-state index in [-0.39, 0.29) is 18.1 Å². The number of hydrogen-bond donors (Lipinski definition) is 3. The van der Waals surface area contributed by atoms with Crippen LogP contribution in [0.1, 0.15) is 66.5 Å². The molecule has 12 atom stereocenters. The van der Waals surface area contributed by atoms with Gasteiger partial charge in [-0.2, -0.15) is 0 Å². The summed E-state index contributed by atoms with van der Waals surface area (Å²) in [7, 11) is -8.77. The molecule has 80 heavy (non-hydrogen) atoms. The van der Waals surface area contributed by atoms with Crippen LogP contribution in [0.3, 0.4) is 0 Å². The third-order valence-corrected chi connectivity index (χ3v) is 14.7. The lowest BCUT2D eigenvalue weighted by atomic mass is 9.93. The average Bonchev–Trinajstić information content (AvgIpc) is 3.48. The number of ether oxygens (including phenoxy) is 9. The smallest absolute Gasteiger partial charge is 0.463 e. The van der Waals surface area contributed by atoms with Crippen molar-refractivity contribution < 1.29 is 108 Å². The van der Waals surface area contributed by atoms with Gasteiger partial charge in [-0.3, -0.25) is 47.1 Å². The molecule has 2 heterocycles. The fourth-order valence-corrected chi connectivity index (χ4v) is 10.5. The Bertz CT molecular complexity index is 2710. The Morgan fingerprint density at radius 1 is 0.588 bits per heavy atom. The zero-order chi connectivity index (χ0) is 58.7. The van der Waals surface area contributed by atoms with Gasteiger partial charge in [0.25, 0.3) is 0 Å². The first-order valence-electron chi connectivity index (χ1n) is 25.0. The summed E-state index contributed by atoms with van der Waals surface area (Å²) in [5, 5.41) is 7.62. The molecule has 0 radical (unpaired) electrons. The van der Waals surface area contributed by atoms with Crippen LogP contribution in [0.4, 0.5) is 0 Å². The average molecular weight is 1160 g/mol. The van der Waals surface area contributed by atoms with Crippen LogP contribution < -0.4 is 16.0 Å². The number of hydrogen-bond acceptors (Lipinski definition) is 23. The number of esters is 5. The summed E-state index contributed by atoms with van der Waals surface area (Å²) in [4.78, 5) is 104. The molecule has 3 amide bonds. The van der Waals surface area contributed by atoms with Crippen LogP contribution in [0.15, 0.2) is 95.9 Å². The highest BCUT2D eigenvalue weighted by atomic mass is 32.2. The first-order valence-corrected chi connectivity index (χ1v) is 28.1. The number of phosphoric ester groups is 1. The molecule has 0 aliphatic carbocycles. The van der Waals surface area contributed by atoms with Crippen LogP contribution in [0.25, 0.3) is 0 Å². The van der Waals surface area contributed by atoms with Crippen LogP contribution >= 0.6 is 7.82 Å². The third-order valence-electron chi connectivity index (χ3n) is 11.7. The van der Waals surface area contributed by atoms with Crippen molar-refractivity contribution in [2.45, 2.75) is 147 Å². The Labute approximate surface area is 461 Å². The maximum absolute atomic E-state index is 15.0. The van der Waals surface area contributed by atoms with Crippen LogP contribution in [0.2, 0.25) is 0 Å². The van der Waals surface area contributed by atoms with Gasteiger partial charge in [0, 0.05) is 41.5 Å². The molecule has 5 rings (SSSR count). The van der Waals surface area contributed by atoms with E-state index in [1.165, 1.54) is 38.1 Å². The molecule has 0 unspecified atom stereocenters. The quantitative estimate of drug-likeness (QED) is 0.0561. The van der Waals surface area contributed by atoms with Crippen LogP contribution in [0, 0.1) is 0 Å². The van der Waals surface area contributed by atoms with E-state index in [9.17, 15) is 46.8 Å². The molecule has 3 aromatic carbocycles. The number of nitrogens with one attached hydrogen (secondary N) is 3. The maximum Gasteiger partial charge on any atom is 0.477 e. The van der Waals surface area contributed by atoms with Gasteiger partial charge in [-0.15, -0.1) is 0 Å². The van der Waals surface area contributed by atoms with Gasteiger partial charge in [0.2, 0.25) is 17.7 Å². The zero-order valence-electron chi connectivity index (χ0n) is 45.1. The fraction of sp³-hybridized carbons (Fsp3) is 0.500. The number of rotatable bonds is 27. The van der Waals surface area contributed by atoms with Crippen LogP contribution in [-0.2, 0) is 122 Å². The zero-order valence-corrected chi connectivity index (χ0v) is 46.8. The Kier molecular flexibility index (Phi) is 24.2. The van der Waals surface area contributed by atoms with E-state index in [0.29, 0.717) is 11.1 Å². The SMILES string of the molecule is CC(=O)N[C@H]1[C@H](O[C@H]2[C@H](O[C@H](C)C(=O)N[C@@H](C)C(=O)OCCS(=O)(=O)c3ccccc3)[C@@H](NC(C)=O)[C@@H](OP(=O)(OCc3ccccc3)OCc3ccccc3)O[C@@H]2COC(C)=O)O[C@H](COC(C)=O)[C@@H](OC(C)=O)[C@@H]1OC(C)=O. The molecular formula is C52H66N3O23PS. The molecule has 2 saturated heterocycles. The Hall–Kier alpha value is -6.68. The van der Waals surface area contributed by atoms with Gasteiger partial charge in [0.05, 0.1) is 23.9 Å². The van der Waals surface area contributed by atoms with Crippen molar-refractivity contribution in [3.63, 3.8) is 0 Å². The lowest BCUT2D eigenvalue weighted by Gasteiger charge is -2.50. The Morgan fingerprint density at radius 3 is 1.54 bits per heavy atom. The monoisotopic (exact) mass is 1160 g/mol. The van der Waals surface area contributed by atoms with Gasteiger partial charge in [-0.1, -0.05) is 78.9 Å². The molecule has 0 saturated carbocycles. The molecular weight excluding hydrogens is 1100 g/mol. The Balaban J connectivity index is 1.60. The summed E-state index contributed by atoms with van der Waals surface area (Å²) >= 11 is 0. The predicted octanol–water partition coefficient (Wildman–Crippen LogP) is 2.67. The van der Waals surface area contributed by atoms with Crippen molar-refractivity contribution >= 4 is 65.2 Å². The minimum atomic E-state index is -4.91. The summed E-state index contributed by atoms with van der Waals surface area (Å²) in [6.45, 7) is 6.08. The summed E-state index contributed by atoms with van der Waals surface area (Å²) in [5.74, 6) is -7.75. The van der Waals surface area contributed by atoms with Crippen LogP contribution in [0.5, 0.6) is 0 Å². The summed E-state index contributed by atoms with van der Waals surface area (Å²) < 4.78 is 112. The van der Waals surface area contributed by atoms with Gasteiger partial charge >= 0.3 is 37.7 Å². The van der Waals surface area contributed by atoms with E-state index in [4.69, 9.17) is 56.2 Å². The van der Waals surface area contributed by atoms with Crippen molar-refractivity contribution in [3.05, 3.63) is 102 Å². The van der Waals surface area contributed by atoms with Crippen molar-refractivity contribution in [2.24, 2.45) is 0 Å². The van der Waals surface area contributed by atoms with E-state index in [2.05, 4.69) is 16.0 Å². The Morgan fingerprint density at radius 2 is 1.05 bits per heavy atom. The second-order valence-electron chi connectivity index (χ2n) is 18.2. The highest BCUT2D eigenvalue weighted by molar-refractivity contribution is 7.91. The van der Waals surface area contributed by atoms with Crippen molar-refractivity contribution in [2.75, 3.05) is 25.6 Å². The second-order valence-corrected chi connectivity index (χ2v) is 22.0. The normalized spacial score (nSPS) is 23.6. The van der Waals surface area contributed by atoms with Gasteiger partial charge < -0.3 is 58.6 Å². The number of amides is 3. The van der Waals surface area contributed by atoms with Crippen LogP contribution in [-0.4, -0.2) is 155 Å². The van der Waals surface area contributed by atoms with E-state index in [1.54, 1.807) is 66.7 Å². The molecule has 2 aliphatic heterocycles. The molecule has 3 N–H and O–H groups in total. The predicted molar refractivity (Wildman–Crippen MR) is 274 cm³/mol. The summed E-state index contributed by atoms with van der Waals surface area (Å²) in [6.07, 6.45) is -15.7. The number of benzene rings is 3. The molecule has 2 fully saturated rings. The highest BCUT2D eigenvalue weighted by Gasteiger charge is 2.57. The molecule has 0 bridgehead atoms. The summed E-state index contributed by atoms with van der Waals surface area (Å²) in [5.41, 5.74) is 1.05. The highest BCUT2D eigenvalue weighted by Crippen LogP contribution is 2.53. The molecule has 26 nitrogen and oxygen atoms in total. The van der Waals surface area contributed by atoms with Gasteiger partial charge in [0.15, 0.2) is 34.6 Å². The minimum Gasteiger partial charge on any atom is -0.463 e. The molecule has 0 spiro atoms. The lowest BCUT2D eigenvalue weighted by Crippen LogP contribution is -2.70. The van der Waals surface area contributed by atoms with Crippen molar-refractivity contribution in [1.82, 2.24) is 16.0 Å². The first kappa shape index (κ1) is 64.1. The number of carbonyl (C=O) groups is 8. The second kappa shape index (κ2) is 30.2. The largest absolute Gasteiger partial charge is 0.477 e. The van der Waals surface area contributed by atoms with Crippen molar-refractivity contribution in [1.29, 1.82) is 0 Å². The van der Waals surface area contributed by atoms with Crippen molar-refractivity contribution in [3.8, 4) is 0 Å². The summed E-state index contributed by atoms with van der Waals surface area (Å²) in [6, 6.07) is 19.6. The minimum absolute atomic E-state index is 0.000727. The van der Waals surface area contributed by atoms with Gasteiger partial charge in [0.1, 0.15) is 68.5 Å². The molecule has 0 aromatic heterocycles. The van der Waals surface area contributed by atoms with E-state index in [1.807, 2.05) is 0 Å². The molecule has 2 aliphatic rings. The molecule has 3 aromatic rings. The standard InChI is InChI=1S/C52H66N3O23PS/c1-30(50(63)67-24-25-80(65,66)40-22-16-11-17-23-40)53-49(62)31(2)72-47-44(55-33(4)57)52(78-79(64,70-26-38-18-12-9-13-19-38)71-27-39-20-14-10-15-21-39)76-42(29-69-35(6)59)46(47)77-51-43(54-32(3)56)48(74-37(8)61)45(73-36(7)60)41(75-51)28-68-34(5)58/h9-23,30-31,41-48,51-52H,24-29H2,1-8H3,(H,53,62)(H,54,56)(H,55,57)/t30-,31+,41+,42+,43+,44+,45+,46+,47+,48+,51-,52+/m0/s1. The third kappa shape index (κ3) is 19.8. The van der Waals surface area contributed by atoms with Gasteiger partial charge in [-0.25, -0.2) is 17.8 Å². The number of phosphoric acid groups is 1. The molecule has 28 heteroatoms. The first-order chi connectivity index (χ1) is 37.8. The number of sulfone groups is 1. The van der Waals surface area contributed by atoms with E-state index >= 15 is 4.57 Å². The van der Waals surface area contributed by atoms with E-state index < -0.39 is 164 Å². The van der Waals surface area contributed by atoms with E-state index in [0.717, 1.165) is 41.5 Å².